The molecule has 5 rings (SSSR count). The van der Waals surface area contributed by atoms with Gasteiger partial charge in [-0.1, -0.05) is 72.6 Å². The van der Waals surface area contributed by atoms with Crippen LogP contribution < -0.4 is 10.6 Å². The highest BCUT2D eigenvalue weighted by atomic mass is 16.6. The lowest BCUT2D eigenvalue weighted by atomic mass is 9.85. The van der Waals surface area contributed by atoms with Gasteiger partial charge in [-0.2, -0.15) is 0 Å². The molecule has 258 valence electrons. The summed E-state index contributed by atoms with van der Waals surface area (Å²) in [6.45, 7) is 12.3. The number of nitrogens with zero attached hydrogens (tertiary/aromatic N) is 2. The van der Waals surface area contributed by atoms with Crippen LogP contribution in [-0.2, 0) is 43.4 Å². The maximum absolute atomic E-state index is 14.3. The average molecular weight is 655 g/mol. The second-order valence-electron chi connectivity index (χ2n) is 15.6. The van der Waals surface area contributed by atoms with E-state index in [0.717, 1.165) is 36.8 Å². The van der Waals surface area contributed by atoms with E-state index in [4.69, 9.17) is 9.47 Å². The summed E-state index contributed by atoms with van der Waals surface area (Å²) >= 11 is 0. The monoisotopic (exact) mass is 654 g/mol. The van der Waals surface area contributed by atoms with E-state index in [-0.39, 0.29) is 30.9 Å². The Balaban J connectivity index is 1.44. The van der Waals surface area contributed by atoms with Crippen LogP contribution in [0.25, 0.3) is 0 Å². The van der Waals surface area contributed by atoms with Gasteiger partial charge in [-0.15, -0.1) is 0 Å². The molecule has 1 aliphatic carbocycles. The number of fused-ring (bicyclic) bond motifs is 3. The van der Waals surface area contributed by atoms with Crippen molar-refractivity contribution in [3.8, 4) is 0 Å². The van der Waals surface area contributed by atoms with Crippen molar-refractivity contribution in [1.82, 2.24) is 20.4 Å². The Bertz CT molecular complexity index is 1420. The van der Waals surface area contributed by atoms with E-state index in [9.17, 15) is 29.1 Å². The fraction of sp³-hybridized carbons (Fsp3) is 0.686. The lowest BCUT2D eigenvalue weighted by molar-refractivity contribution is -0.146. The molecule has 4 aliphatic rings. The zero-order chi connectivity index (χ0) is 34.3. The van der Waals surface area contributed by atoms with Crippen molar-refractivity contribution in [2.75, 3.05) is 13.2 Å². The summed E-state index contributed by atoms with van der Waals surface area (Å²) in [7, 11) is 0. The van der Waals surface area contributed by atoms with E-state index in [0.29, 0.717) is 25.9 Å². The maximum atomic E-state index is 14.3. The van der Waals surface area contributed by atoms with Crippen LogP contribution in [-0.4, -0.2) is 81.8 Å². The van der Waals surface area contributed by atoms with Gasteiger partial charge in [0.25, 0.3) is 0 Å². The molecule has 3 aliphatic heterocycles. The Labute approximate surface area is 276 Å². The lowest BCUT2D eigenvalue weighted by Gasteiger charge is -2.35. The summed E-state index contributed by atoms with van der Waals surface area (Å²) in [6, 6.07) is 3.96. The van der Waals surface area contributed by atoms with Crippen LogP contribution in [0.3, 0.4) is 0 Å². The number of hydrogen-bond acceptors (Lipinski definition) is 7. The first-order valence-corrected chi connectivity index (χ1v) is 16.9. The summed E-state index contributed by atoms with van der Waals surface area (Å²) in [4.78, 5) is 69.9. The minimum absolute atomic E-state index is 0.00264. The van der Waals surface area contributed by atoms with Crippen molar-refractivity contribution in [3.05, 3.63) is 34.9 Å². The van der Waals surface area contributed by atoms with Gasteiger partial charge in [0.2, 0.25) is 11.8 Å². The fourth-order valence-electron chi connectivity index (χ4n) is 7.27. The molecule has 5 atom stereocenters. The van der Waals surface area contributed by atoms with Crippen molar-refractivity contribution < 1.29 is 38.6 Å². The second kappa shape index (κ2) is 13.0. The van der Waals surface area contributed by atoms with E-state index in [1.165, 1.54) is 10.5 Å². The minimum atomic E-state index is -1.39. The highest BCUT2D eigenvalue weighted by Gasteiger charge is 2.61. The Kier molecular flexibility index (Phi) is 9.54. The SMILES string of the molecule is CC[C@@H]1C[C@]1(NC(=O)[C@@H]1C[C@@H]2CN1C(=O)[C@H](C(C)(C)C)NC(=O)OCC(C)(C)CCCCc1cccc3c1CN(C3)C(=O)O2)C(=O)O. The van der Waals surface area contributed by atoms with Gasteiger partial charge in [-0.05, 0) is 59.1 Å². The first kappa shape index (κ1) is 34.5. The largest absolute Gasteiger partial charge is 0.479 e. The maximum Gasteiger partial charge on any atom is 0.410 e. The predicted molar refractivity (Wildman–Crippen MR) is 172 cm³/mol. The number of alkyl carbamates (subject to hydrolysis) is 1. The summed E-state index contributed by atoms with van der Waals surface area (Å²) in [5.74, 6) is -2.49. The standard InChI is InChI=1S/C35H50N4O8/c1-7-23-16-35(23,30(42)43)37-28(40)26-15-24-18-39(26)29(41)27(33(2,3)4)36-31(44)46-20-34(5,6)14-9-8-11-21-12-10-13-22-17-38(19-25(21)22)32(45)47-24/h10,12-13,23-24,26-27H,7-9,11,14-20H2,1-6H3,(H,36,44)(H,37,40)(H,42,43)/t23-,24-,26+,27-,35-/m1/s1. The van der Waals surface area contributed by atoms with E-state index >= 15 is 0 Å². The second-order valence-corrected chi connectivity index (χ2v) is 15.6. The van der Waals surface area contributed by atoms with Gasteiger partial charge in [0.15, 0.2) is 0 Å². The number of nitrogens with one attached hydrogen (secondary N) is 2. The van der Waals surface area contributed by atoms with Crippen LogP contribution in [0, 0.1) is 16.7 Å². The molecule has 1 aromatic carbocycles. The predicted octanol–water partition coefficient (Wildman–Crippen LogP) is 4.37. The van der Waals surface area contributed by atoms with Gasteiger partial charge in [-0.25, -0.2) is 14.4 Å². The smallest absolute Gasteiger partial charge is 0.410 e. The summed E-state index contributed by atoms with van der Waals surface area (Å²) in [5, 5.41) is 15.4. The molecule has 1 saturated carbocycles. The number of ether oxygens (including phenoxy) is 2. The third-order valence-corrected chi connectivity index (χ3v) is 10.3. The molecule has 0 radical (unpaired) electrons. The number of aliphatic carboxylic acids is 1. The Morgan fingerprint density at radius 2 is 1.83 bits per heavy atom. The molecule has 0 unspecified atom stereocenters. The van der Waals surface area contributed by atoms with Crippen LogP contribution in [0.2, 0.25) is 0 Å². The molecular weight excluding hydrogens is 604 g/mol. The van der Waals surface area contributed by atoms with E-state index in [2.05, 4.69) is 16.7 Å². The number of cyclic esters (lactones) is 1. The molecule has 3 heterocycles. The third-order valence-electron chi connectivity index (χ3n) is 10.3. The quantitative estimate of drug-likeness (QED) is 0.433. The number of carbonyl (C=O) groups excluding carboxylic acids is 4. The highest BCUT2D eigenvalue weighted by molar-refractivity contribution is 5.96. The van der Waals surface area contributed by atoms with Gasteiger partial charge in [-0.3, -0.25) is 14.5 Å². The number of hydrogen-bond donors (Lipinski definition) is 3. The third kappa shape index (κ3) is 7.36. The first-order chi connectivity index (χ1) is 22.0. The van der Waals surface area contributed by atoms with Crippen LogP contribution in [0.4, 0.5) is 9.59 Å². The van der Waals surface area contributed by atoms with E-state index < -0.39 is 59.1 Å². The Morgan fingerprint density at radius 1 is 1.11 bits per heavy atom. The molecule has 12 nitrogen and oxygen atoms in total. The molecule has 12 heteroatoms. The fourth-order valence-corrected chi connectivity index (χ4v) is 7.27. The number of carboxylic acid groups (broad SMARTS) is 1. The molecule has 2 fully saturated rings. The van der Waals surface area contributed by atoms with Gasteiger partial charge in [0, 0.05) is 19.5 Å². The molecule has 1 aromatic rings. The molecule has 47 heavy (non-hydrogen) atoms. The van der Waals surface area contributed by atoms with Gasteiger partial charge >= 0.3 is 18.2 Å². The van der Waals surface area contributed by atoms with Crippen molar-refractivity contribution in [2.24, 2.45) is 16.7 Å². The normalized spacial score (nSPS) is 29.8. The van der Waals surface area contributed by atoms with E-state index in [1.807, 2.05) is 32.9 Å². The molecule has 1 saturated heterocycles. The number of benzene rings is 1. The lowest BCUT2D eigenvalue weighted by Crippen LogP contribution is -2.59. The first-order valence-electron chi connectivity index (χ1n) is 16.9. The molecule has 0 aromatic heterocycles. The molecule has 4 amide bonds. The molecule has 3 N–H and O–H groups in total. The topological polar surface area (TPSA) is 155 Å². The van der Waals surface area contributed by atoms with Crippen molar-refractivity contribution >= 4 is 30.0 Å². The van der Waals surface area contributed by atoms with Crippen molar-refractivity contribution in [2.45, 2.75) is 123 Å². The number of carbonyl (C=O) groups is 5. The Morgan fingerprint density at radius 3 is 2.49 bits per heavy atom. The van der Waals surface area contributed by atoms with Crippen LogP contribution in [0.1, 0.15) is 96.8 Å². The molecule has 4 bridgehead atoms. The van der Waals surface area contributed by atoms with Gasteiger partial charge in [0.05, 0.1) is 13.2 Å². The van der Waals surface area contributed by atoms with Gasteiger partial charge in [0.1, 0.15) is 23.7 Å². The average Bonchev–Trinajstić information content (AvgIpc) is 3.31. The van der Waals surface area contributed by atoms with Crippen LogP contribution in [0.15, 0.2) is 18.2 Å². The number of carboxylic acids is 1. The summed E-state index contributed by atoms with van der Waals surface area (Å²) in [6.07, 6.45) is 2.36. The van der Waals surface area contributed by atoms with Crippen LogP contribution in [0.5, 0.6) is 0 Å². The molecule has 0 spiro atoms. The highest BCUT2D eigenvalue weighted by Crippen LogP contribution is 2.46. The van der Waals surface area contributed by atoms with Crippen LogP contribution >= 0.6 is 0 Å². The van der Waals surface area contributed by atoms with Crippen molar-refractivity contribution in [1.29, 1.82) is 0 Å². The van der Waals surface area contributed by atoms with Crippen molar-refractivity contribution in [3.63, 3.8) is 0 Å². The number of amides is 4. The zero-order valence-corrected chi connectivity index (χ0v) is 28.5. The molecular formula is C35H50N4O8. The van der Waals surface area contributed by atoms with Gasteiger partial charge < -0.3 is 30.1 Å². The number of rotatable bonds is 4. The zero-order valence-electron chi connectivity index (χ0n) is 28.5. The Hall–Kier alpha value is -3.83. The van der Waals surface area contributed by atoms with E-state index in [1.54, 1.807) is 25.7 Å². The number of aryl methyl sites for hydroxylation is 1. The summed E-state index contributed by atoms with van der Waals surface area (Å²) in [5.41, 5.74) is 0.941. The summed E-state index contributed by atoms with van der Waals surface area (Å²) < 4.78 is 11.6. The minimum Gasteiger partial charge on any atom is -0.479 e.